The molecule has 4 nitrogen and oxygen atoms in total. The SMILES string of the molecule is CCOC(=O)[C@@H]1NC(C)(C)[C@H]2Cc3cccc4[nH]cc(c34)[C@@H]12. The second-order valence-corrected chi connectivity index (χ2v) is 7.02. The number of nitrogens with one attached hydrogen (secondary N) is 2. The molecule has 2 heterocycles. The lowest BCUT2D eigenvalue weighted by Crippen LogP contribution is -2.44. The van der Waals surface area contributed by atoms with Gasteiger partial charge in [-0.3, -0.25) is 10.1 Å². The lowest BCUT2D eigenvalue weighted by atomic mass is 9.70. The summed E-state index contributed by atoms with van der Waals surface area (Å²) in [7, 11) is 0. The van der Waals surface area contributed by atoms with Crippen molar-refractivity contribution in [1.29, 1.82) is 0 Å². The molecule has 0 amide bonds. The molecule has 1 aliphatic carbocycles. The van der Waals surface area contributed by atoms with Crippen molar-refractivity contribution >= 4 is 16.9 Å². The van der Waals surface area contributed by atoms with Gasteiger partial charge in [-0.25, -0.2) is 0 Å². The molecule has 1 aromatic heterocycles. The highest BCUT2D eigenvalue weighted by Gasteiger charge is 2.53. The van der Waals surface area contributed by atoms with Crippen molar-refractivity contribution in [3.63, 3.8) is 0 Å². The van der Waals surface area contributed by atoms with Crippen LogP contribution < -0.4 is 5.32 Å². The summed E-state index contributed by atoms with van der Waals surface area (Å²) in [6.07, 6.45) is 3.09. The van der Waals surface area contributed by atoms with Crippen LogP contribution in [-0.2, 0) is 16.0 Å². The number of aromatic amines is 1. The maximum Gasteiger partial charge on any atom is 0.323 e. The second kappa shape index (κ2) is 4.59. The Morgan fingerprint density at radius 2 is 2.23 bits per heavy atom. The van der Waals surface area contributed by atoms with E-state index in [2.05, 4.69) is 48.5 Å². The van der Waals surface area contributed by atoms with Gasteiger partial charge in [0, 0.05) is 28.6 Å². The Balaban J connectivity index is 1.86. The van der Waals surface area contributed by atoms with E-state index in [1.54, 1.807) is 0 Å². The largest absolute Gasteiger partial charge is 0.465 e. The number of ether oxygens (including phenoxy) is 1. The van der Waals surface area contributed by atoms with Crippen molar-refractivity contribution in [3.8, 4) is 0 Å². The average molecular weight is 298 g/mol. The average Bonchev–Trinajstić information content (AvgIpc) is 3.01. The minimum atomic E-state index is -0.257. The summed E-state index contributed by atoms with van der Waals surface area (Å²) in [6, 6.07) is 6.17. The third-order valence-electron chi connectivity index (χ3n) is 5.41. The molecule has 1 aliphatic heterocycles. The fourth-order valence-corrected chi connectivity index (χ4v) is 4.45. The van der Waals surface area contributed by atoms with Gasteiger partial charge in [-0.2, -0.15) is 0 Å². The zero-order valence-electron chi connectivity index (χ0n) is 13.3. The van der Waals surface area contributed by atoms with Gasteiger partial charge < -0.3 is 9.72 Å². The number of benzene rings is 1. The van der Waals surface area contributed by atoms with Crippen LogP contribution in [0.5, 0.6) is 0 Å². The molecule has 0 radical (unpaired) electrons. The van der Waals surface area contributed by atoms with E-state index in [0.717, 1.165) is 6.42 Å². The monoisotopic (exact) mass is 298 g/mol. The van der Waals surface area contributed by atoms with Crippen LogP contribution in [0, 0.1) is 5.92 Å². The highest BCUT2D eigenvalue weighted by Crippen LogP contribution is 2.50. The lowest BCUT2D eigenvalue weighted by Gasteiger charge is -2.33. The maximum atomic E-state index is 12.4. The first-order chi connectivity index (χ1) is 10.5. The predicted octanol–water partition coefficient (Wildman–Crippen LogP) is 2.74. The molecule has 1 aromatic carbocycles. The summed E-state index contributed by atoms with van der Waals surface area (Å²) < 4.78 is 5.32. The van der Waals surface area contributed by atoms with Gasteiger partial charge in [-0.1, -0.05) is 12.1 Å². The van der Waals surface area contributed by atoms with E-state index < -0.39 is 0 Å². The fourth-order valence-electron chi connectivity index (χ4n) is 4.45. The molecule has 2 aromatic rings. The molecule has 0 unspecified atom stereocenters. The Kier molecular flexibility index (Phi) is 2.89. The number of carbonyl (C=O) groups is 1. The molecule has 2 aliphatic rings. The molecule has 0 saturated carbocycles. The first kappa shape index (κ1) is 13.8. The van der Waals surface area contributed by atoms with Crippen molar-refractivity contribution < 1.29 is 9.53 Å². The van der Waals surface area contributed by atoms with Gasteiger partial charge in [-0.15, -0.1) is 0 Å². The number of fused-ring (bicyclic) bond motifs is 2. The Bertz CT molecular complexity index is 747. The molecule has 22 heavy (non-hydrogen) atoms. The molecule has 3 atom stereocenters. The molecule has 2 N–H and O–H groups in total. The summed E-state index contributed by atoms with van der Waals surface area (Å²) in [5.74, 6) is 0.449. The normalized spacial score (nSPS) is 28.6. The number of hydrogen-bond acceptors (Lipinski definition) is 3. The van der Waals surface area contributed by atoms with Crippen LogP contribution in [-0.4, -0.2) is 29.1 Å². The highest BCUT2D eigenvalue weighted by molar-refractivity contribution is 5.90. The summed E-state index contributed by atoms with van der Waals surface area (Å²) in [4.78, 5) is 15.8. The third kappa shape index (κ3) is 1.76. The second-order valence-electron chi connectivity index (χ2n) is 7.02. The number of aromatic nitrogens is 1. The predicted molar refractivity (Wildman–Crippen MR) is 85.9 cm³/mol. The first-order valence-corrected chi connectivity index (χ1v) is 8.06. The maximum absolute atomic E-state index is 12.4. The van der Waals surface area contributed by atoms with Crippen LogP contribution in [0.2, 0.25) is 0 Å². The van der Waals surface area contributed by atoms with E-state index in [1.165, 1.54) is 22.0 Å². The molecule has 0 spiro atoms. The Hall–Kier alpha value is -1.81. The van der Waals surface area contributed by atoms with Crippen LogP contribution >= 0.6 is 0 Å². The highest BCUT2D eigenvalue weighted by atomic mass is 16.5. The molecule has 1 fully saturated rings. The summed E-state index contributed by atoms with van der Waals surface area (Å²) in [5.41, 5.74) is 3.73. The first-order valence-electron chi connectivity index (χ1n) is 8.06. The molecular weight excluding hydrogens is 276 g/mol. The van der Waals surface area contributed by atoms with Crippen molar-refractivity contribution in [2.45, 2.75) is 44.7 Å². The number of rotatable bonds is 2. The fraction of sp³-hybridized carbons (Fsp3) is 0.500. The van der Waals surface area contributed by atoms with Crippen LogP contribution in [0.25, 0.3) is 10.9 Å². The number of H-pyrrole nitrogens is 1. The van der Waals surface area contributed by atoms with Crippen LogP contribution in [0.4, 0.5) is 0 Å². The van der Waals surface area contributed by atoms with E-state index in [9.17, 15) is 4.79 Å². The van der Waals surface area contributed by atoms with Crippen LogP contribution in [0.15, 0.2) is 24.4 Å². The van der Waals surface area contributed by atoms with Gasteiger partial charge in [0.1, 0.15) is 6.04 Å². The summed E-state index contributed by atoms with van der Waals surface area (Å²) in [6.45, 7) is 6.68. The number of hydrogen-bond donors (Lipinski definition) is 2. The lowest BCUT2D eigenvalue weighted by molar-refractivity contribution is -0.145. The standard InChI is InChI=1S/C18H22N2O2/c1-4-22-17(21)16-15-11-9-19-13-7-5-6-10(14(11)13)8-12(15)18(2,3)20-16/h5-7,9,12,15-16,19-20H,4,8H2,1-3H3/t12-,15+,16+/m0/s1. The van der Waals surface area contributed by atoms with Crippen molar-refractivity contribution in [2.24, 2.45) is 5.92 Å². The van der Waals surface area contributed by atoms with E-state index in [0.29, 0.717) is 12.5 Å². The summed E-state index contributed by atoms with van der Waals surface area (Å²) in [5, 5.41) is 4.84. The molecule has 0 bridgehead atoms. The zero-order chi connectivity index (χ0) is 15.5. The van der Waals surface area contributed by atoms with Gasteiger partial charge in [0.25, 0.3) is 0 Å². The van der Waals surface area contributed by atoms with Gasteiger partial charge in [0.15, 0.2) is 0 Å². The summed E-state index contributed by atoms with van der Waals surface area (Å²) >= 11 is 0. The van der Waals surface area contributed by atoms with Crippen LogP contribution in [0.1, 0.15) is 37.8 Å². The zero-order valence-corrected chi connectivity index (χ0v) is 13.3. The Morgan fingerprint density at radius 3 is 3.00 bits per heavy atom. The van der Waals surface area contributed by atoms with Crippen LogP contribution in [0.3, 0.4) is 0 Å². The molecule has 4 rings (SSSR count). The smallest absolute Gasteiger partial charge is 0.323 e. The molecule has 4 heteroatoms. The van der Waals surface area contributed by atoms with Gasteiger partial charge in [-0.05, 0) is 50.3 Å². The minimum Gasteiger partial charge on any atom is -0.465 e. The van der Waals surface area contributed by atoms with Gasteiger partial charge in [0.2, 0.25) is 0 Å². The van der Waals surface area contributed by atoms with E-state index in [-0.39, 0.29) is 23.5 Å². The van der Waals surface area contributed by atoms with Gasteiger partial charge in [0.05, 0.1) is 6.61 Å². The van der Waals surface area contributed by atoms with Crippen molar-refractivity contribution in [2.75, 3.05) is 6.61 Å². The van der Waals surface area contributed by atoms with Gasteiger partial charge >= 0.3 is 5.97 Å². The Morgan fingerprint density at radius 1 is 1.41 bits per heavy atom. The minimum absolute atomic E-state index is 0.0841. The number of esters is 1. The molecular formula is C18H22N2O2. The van der Waals surface area contributed by atoms with E-state index in [1.807, 2.05) is 6.92 Å². The van der Waals surface area contributed by atoms with E-state index >= 15 is 0 Å². The third-order valence-corrected chi connectivity index (χ3v) is 5.41. The topological polar surface area (TPSA) is 54.1 Å². The molecule has 116 valence electrons. The quantitative estimate of drug-likeness (QED) is 0.838. The van der Waals surface area contributed by atoms with E-state index in [4.69, 9.17) is 4.74 Å². The Labute approximate surface area is 130 Å². The van der Waals surface area contributed by atoms with Crippen molar-refractivity contribution in [3.05, 3.63) is 35.5 Å². The van der Waals surface area contributed by atoms with Crippen molar-refractivity contribution in [1.82, 2.24) is 10.3 Å². The molecule has 1 saturated heterocycles. The number of carbonyl (C=O) groups excluding carboxylic acids is 1.